The van der Waals surface area contributed by atoms with E-state index in [9.17, 15) is 9.59 Å². The summed E-state index contributed by atoms with van der Waals surface area (Å²) in [4.78, 5) is 26.7. The van der Waals surface area contributed by atoms with Crippen molar-refractivity contribution in [3.05, 3.63) is 65.2 Å². The van der Waals surface area contributed by atoms with Gasteiger partial charge in [0.2, 0.25) is 0 Å². The average molecular weight is 410 g/mol. The molecule has 30 heavy (non-hydrogen) atoms. The number of nitrogens with one attached hydrogen (secondary N) is 2. The van der Waals surface area contributed by atoms with Gasteiger partial charge >= 0.3 is 6.09 Å². The third-order valence-electron chi connectivity index (χ3n) is 4.87. The van der Waals surface area contributed by atoms with Gasteiger partial charge in [0.15, 0.2) is 0 Å². The van der Waals surface area contributed by atoms with Gasteiger partial charge in [-0.15, -0.1) is 0 Å². The maximum Gasteiger partial charge on any atom is 0.412 e. The quantitative estimate of drug-likeness (QED) is 0.734. The van der Waals surface area contributed by atoms with Crippen LogP contribution in [0.15, 0.2) is 48.5 Å². The molecule has 2 amide bonds. The lowest BCUT2D eigenvalue weighted by Gasteiger charge is -2.19. The molecule has 1 fully saturated rings. The molecule has 0 atom stereocenters. The molecule has 1 aliphatic rings. The van der Waals surface area contributed by atoms with E-state index in [1.165, 1.54) is 31.5 Å². The molecule has 6 nitrogen and oxygen atoms in total. The van der Waals surface area contributed by atoms with Gasteiger partial charge in [0.1, 0.15) is 5.60 Å². The van der Waals surface area contributed by atoms with Gasteiger partial charge in [-0.1, -0.05) is 24.3 Å². The van der Waals surface area contributed by atoms with E-state index >= 15 is 0 Å². The Hall–Kier alpha value is -2.86. The first-order chi connectivity index (χ1) is 14.3. The normalized spacial score (nSPS) is 14.4. The van der Waals surface area contributed by atoms with Crippen molar-refractivity contribution >= 4 is 17.7 Å². The number of carbonyl (C=O) groups is 2. The topological polar surface area (TPSA) is 70.7 Å². The molecule has 0 bridgehead atoms. The Bertz CT molecular complexity index is 849. The molecule has 0 saturated carbocycles. The first-order valence-corrected chi connectivity index (χ1v) is 10.5. The highest BCUT2D eigenvalue weighted by molar-refractivity contribution is 5.95. The van der Waals surface area contributed by atoms with Gasteiger partial charge in [0.05, 0.1) is 0 Å². The number of hydrogen-bond donors (Lipinski definition) is 2. The number of amides is 2. The maximum atomic E-state index is 12.4. The van der Waals surface area contributed by atoms with E-state index in [-0.39, 0.29) is 5.91 Å². The summed E-state index contributed by atoms with van der Waals surface area (Å²) >= 11 is 0. The summed E-state index contributed by atoms with van der Waals surface area (Å²) in [6.07, 6.45) is 2.07. The van der Waals surface area contributed by atoms with Crippen LogP contribution in [0.3, 0.4) is 0 Å². The molecule has 0 aromatic heterocycles. The Morgan fingerprint density at radius 3 is 2.13 bits per heavy atom. The summed E-state index contributed by atoms with van der Waals surface area (Å²) in [5, 5.41) is 5.59. The van der Waals surface area contributed by atoms with Crippen molar-refractivity contribution in [3.63, 3.8) is 0 Å². The molecule has 3 rings (SSSR count). The van der Waals surface area contributed by atoms with E-state index in [1.54, 1.807) is 45.0 Å². The zero-order valence-corrected chi connectivity index (χ0v) is 18.0. The van der Waals surface area contributed by atoms with Gasteiger partial charge in [0.25, 0.3) is 5.91 Å². The van der Waals surface area contributed by atoms with Gasteiger partial charge < -0.3 is 10.1 Å². The molecular weight excluding hydrogens is 378 g/mol. The largest absolute Gasteiger partial charge is 0.444 e. The lowest BCUT2D eigenvalue weighted by molar-refractivity contribution is 0.0635. The van der Waals surface area contributed by atoms with Gasteiger partial charge in [-0.25, -0.2) is 4.79 Å². The highest BCUT2D eigenvalue weighted by atomic mass is 16.6. The number of carbonyl (C=O) groups excluding carboxylic acids is 2. The van der Waals surface area contributed by atoms with Crippen molar-refractivity contribution in [1.29, 1.82) is 0 Å². The summed E-state index contributed by atoms with van der Waals surface area (Å²) in [7, 11) is 0. The molecule has 1 heterocycles. The molecule has 160 valence electrons. The summed E-state index contributed by atoms with van der Waals surface area (Å²) < 4.78 is 5.22. The Morgan fingerprint density at radius 1 is 0.933 bits per heavy atom. The molecule has 2 aromatic carbocycles. The van der Waals surface area contributed by atoms with Crippen molar-refractivity contribution in [3.8, 4) is 0 Å². The first kappa shape index (κ1) is 21.8. The summed E-state index contributed by atoms with van der Waals surface area (Å²) in [5.41, 5.74) is 2.93. The lowest BCUT2D eigenvalue weighted by atomic mass is 10.1. The minimum atomic E-state index is -0.559. The fourth-order valence-corrected chi connectivity index (χ4v) is 3.37. The van der Waals surface area contributed by atoms with Crippen LogP contribution in [0, 0.1) is 0 Å². The number of ether oxygens (including phenoxy) is 1. The predicted octanol–water partition coefficient (Wildman–Crippen LogP) is 4.56. The Labute approximate surface area is 178 Å². The Balaban J connectivity index is 1.46. The zero-order chi connectivity index (χ0) is 21.6. The molecule has 2 aromatic rings. The second kappa shape index (κ2) is 9.76. The molecular formula is C24H31N3O3. The van der Waals surface area contributed by atoms with E-state index in [4.69, 9.17) is 4.74 Å². The lowest BCUT2D eigenvalue weighted by Crippen LogP contribution is -2.27. The van der Waals surface area contributed by atoms with Crippen molar-refractivity contribution in [2.24, 2.45) is 0 Å². The molecule has 0 aliphatic carbocycles. The van der Waals surface area contributed by atoms with E-state index in [0.717, 1.165) is 12.1 Å². The van der Waals surface area contributed by atoms with Crippen LogP contribution in [0.5, 0.6) is 0 Å². The van der Waals surface area contributed by atoms with Gasteiger partial charge in [0, 0.05) is 24.3 Å². The van der Waals surface area contributed by atoms with Crippen molar-refractivity contribution < 1.29 is 14.3 Å². The molecule has 1 saturated heterocycles. The van der Waals surface area contributed by atoms with Gasteiger partial charge in [-0.05, 0) is 82.1 Å². The van der Waals surface area contributed by atoms with Crippen molar-refractivity contribution in [1.82, 2.24) is 10.2 Å². The first-order valence-electron chi connectivity index (χ1n) is 10.5. The number of rotatable bonds is 6. The highest BCUT2D eigenvalue weighted by Gasteiger charge is 2.16. The third-order valence-corrected chi connectivity index (χ3v) is 4.87. The van der Waals surface area contributed by atoms with Crippen LogP contribution >= 0.6 is 0 Å². The second-order valence-corrected chi connectivity index (χ2v) is 8.69. The zero-order valence-electron chi connectivity index (χ0n) is 18.0. The minimum Gasteiger partial charge on any atom is -0.444 e. The van der Waals surface area contributed by atoms with E-state index in [0.29, 0.717) is 17.8 Å². The van der Waals surface area contributed by atoms with Crippen LogP contribution in [-0.4, -0.2) is 35.6 Å². The van der Waals surface area contributed by atoms with Gasteiger partial charge in [-0.3, -0.25) is 15.0 Å². The van der Waals surface area contributed by atoms with Crippen LogP contribution in [0.4, 0.5) is 10.5 Å². The smallest absolute Gasteiger partial charge is 0.412 e. The van der Waals surface area contributed by atoms with Gasteiger partial charge in [-0.2, -0.15) is 0 Å². The molecule has 0 spiro atoms. The molecule has 6 heteroatoms. The summed E-state index contributed by atoms with van der Waals surface area (Å²) in [5.74, 6) is -0.153. The van der Waals surface area contributed by atoms with E-state index in [1.807, 2.05) is 0 Å². The SMILES string of the molecule is CC(C)(C)OC(=O)Nc1ccc(C(=O)NCc2ccc(CN3CCCC3)cc2)cc1. The van der Waals surface area contributed by atoms with Crippen LogP contribution in [0.25, 0.3) is 0 Å². The third kappa shape index (κ3) is 6.88. The maximum absolute atomic E-state index is 12.4. The molecule has 2 N–H and O–H groups in total. The van der Waals surface area contributed by atoms with E-state index < -0.39 is 11.7 Å². The number of nitrogens with zero attached hydrogens (tertiary/aromatic N) is 1. The molecule has 0 unspecified atom stereocenters. The van der Waals surface area contributed by atoms with Crippen LogP contribution < -0.4 is 10.6 Å². The fraction of sp³-hybridized carbons (Fsp3) is 0.417. The van der Waals surface area contributed by atoms with Crippen molar-refractivity contribution in [2.45, 2.75) is 52.3 Å². The monoisotopic (exact) mass is 409 g/mol. The van der Waals surface area contributed by atoms with E-state index in [2.05, 4.69) is 39.8 Å². The summed E-state index contributed by atoms with van der Waals surface area (Å²) in [6.45, 7) is 9.26. The van der Waals surface area contributed by atoms with Crippen LogP contribution in [0.1, 0.15) is 55.1 Å². The average Bonchev–Trinajstić information content (AvgIpc) is 3.19. The number of likely N-dealkylation sites (tertiary alicyclic amines) is 1. The molecule has 1 aliphatic heterocycles. The highest BCUT2D eigenvalue weighted by Crippen LogP contribution is 2.15. The Kier molecular flexibility index (Phi) is 7.11. The number of hydrogen-bond acceptors (Lipinski definition) is 4. The minimum absolute atomic E-state index is 0.153. The number of benzene rings is 2. The Morgan fingerprint density at radius 2 is 1.53 bits per heavy atom. The standard InChI is InChI=1S/C24H31N3O3/c1-24(2,3)30-23(29)26-21-12-10-20(11-13-21)22(28)25-16-18-6-8-19(9-7-18)17-27-14-4-5-15-27/h6-13H,4-5,14-17H2,1-3H3,(H,25,28)(H,26,29). The fourth-order valence-electron chi connectivity index (χ4n) is 3.37. The van der Waals surface area contributed by atoms with Crippen molar-refractivity contribution in [2.75, 3.05) is 18.4 Å². The van der Waals surface area contributed by atoms with Crippen LogP contribution in [0.2, 0.25) is 0 Å². The second-order valence-electron chi connectivity index (χ2n) is 8.69. The molecule has 0 radical (unpaired) electrons. The summed E-state index contributed by atoms with van der Waals surface area (Å²) in [6, 6.07) is 15.1. The van der Waals surface area contributed by atoms with Crippen LogP contribution in [-0.2, 0) is 17.8 Å². The number of anilines is 1. The predicted molar refractivity (Wildman–Crippen MR) is 118 cm³/mol.